The van der Waals surface area contributed by atoms with E-state index in [4.69, 9.17) is 10.7 Å². The van der Waals surface area contributed by atoms with E-state index in [1.165, 1.54) is 6.07 Å². The first-order chi connectivity index (χ1) is 7.78. The van der Waals surface area contributed by atoms with Crippen molar-refractivity contribution in [3.05, 3.63) is 34.1 Å². The third kappa shape index (κ3) is 5.33. The van der Waals surface area contributed by atoms with Gasteiger partial charge in [0, 0.05) is 27.4 Å². The van der Waals surface area contributed by atoms with Crippen molar-refractivity contribution in [2.45, 2.75) is 4.90 Å². The van der Waals surface area contributed by atoms with Gasteiger partial charge in [-0.1, -0.05) is 0 Å². The maximum atomic E-state index is 13.0. The van der Waals surface area contributed by atoms with Gasteiger partial charge in [-0.05, 0) is 6.07 Å². The van der Waals surface area contributed by atoms with Crippen LogP contribution in [-0.4, -0.2) is 24.8 Å². The normalized spacial score (nSPS) is 11.4. The Bertz CT molecular complexity index is 534. The van der Waals surface area contributed by atoms with E-state index >= 15 is 0 Å². The second-order valence-electron chi connectivity index (χ2n) is 2.99. The molecule has 0 unspecified atom stereocenters. The van der Waals surface area contributed by atoms with Gasteiger partial charge in [0.15, 0.2) is 0 Å². The number of benzene rings is 1. The molecule has 0 aromatic heterocycles. The van der Waals surface area contributed by atoms with Crippen molar-refractivity contribution in [3.63, 3.8) is 0 Å². The first-order valence-electron chi connectivity index (χ1n) is 4.28. The van der Waals surface area contributed by atoms with Crippen molar-refractivity contribution in [2.75, 3.05) is 11.5 Å². The fourth-order valence-corrected chi connectivity index (χ4v) is 3.33. The molecule has 17 heavy (non-hydrogen) atoms. The molecule has 0 heterocycles. The predicted octanol–water partition coefficient (Wildman–Crippen LogP) is 2.39. The summed E-state index contributed by atoms with van der Waals surface area (Å²) < 4.78 is 34.3. The zero-order valence-electron chi connectivity index (χ0n) is 8.30. The summed E-state index contributed by atoms with van der Waals surface area (Å²) in [7, 11) is 1.38. The van der Waals surface area contributed by atoms with Gasteiger partial charge in [-0.2, -0.15) is 0 Å². The number of nitro groups is 1. The highest BCUT2D eigenvalue weighted by Gasteiger charge is 2.11. The van der Waals surface area contributed by atoms with E-state index in [0.717, 1.165) is 23.9 Å². The molecule has 0 N–H and O–H groups in total. The Morgan fingerprint density at radius 1 is 1.41 bits per heavy atom. The molecule has 0 radical (unpaired) electrons. The molecule has 0 amide bonds. The number of halogens is 2. The quantitative estimate of drug-likeness (QED) is 0.361. The molecular weight excluding hydrogens is 293 g/mol. The van der Waals surface area contributed by atoms with Crippen LogP contribution in [0.2, 0.25) is 0 Å². The first kappa shape index (κ1) is 14.2. The molecule has 0 atom stereocenters. The average Bonchev–Trinajstić information content (AvgIpc) is 2.14. The number of non-ortho nitro benzene ring substituents is 1. The van der Waals surface area contributed by atoms with Crippen LogP contribution in [-0.2, 0) is 9.05 Å². The maximum Gasteiger partial charge on any atom is 0.273 e. The average molecular weight is 300 g/mol. The first-order valence-corrected chi connectivity index (χ1v) is 7.74. The molecule has 0 fully saturated rings. The minimum absolute atomic E-state index is 0.104. The molecule has 0 saturated heterocycles. The Hall–Kier alpha value is -0.860. The Balaban J connectivity index is 2.75. The highest BCUT2D eigenvalue weighted by molar-refractivity contribution is 8.14. The maximum absolute atomic E-state index is 13.0. The molecule has 94 valence electrons. The van der Waals surface area contributed by atoms with Gasteiger partial charge in [-0.25, -0.2) is 12.8 Å². The molecule has 0 aliphatic rings. The Morgan fingerprint density at radius 3 is 2.59 bits per heavy atom. The lowest BCUT2D eigenvalue weighted by molar-refractivity contribution is -0.385. The number of rotatable bonds is 5. The van der Waals surface area contributed by atoms with Gasteiger partial charge >= 0.3 is 0 Å². The van der Waals surface area contributed by atoms with Crippen LogP contribution < -0.4 is 0 Å². The van der Waals surface area contributed by atoms with Crippen molar-refractivity contribution in [3.8, 4) is 0 Å². The minimum Gasteiger partial charge on any atom is -0.258 e. The van der Waals surface area contributed by atoms with Crippen molar-refractivity contribution < 1.29 is 17.7 Å². The molecule has 1 aromatic rings. The van der Waals surface area contributed by atoms with Crippen molar-refractivity contribution in [1.82, 2.24) is 0 Å². The van der Waals surface area contributed by atoms with Gasteiger partial charge in [0.2, 0.25) is 9.05 Å². The van der Waals surface area contributed by atoms with Crippen LogP contribution in [0.15, 0.2) is 23.1 Å². The van der Waals surface area contributed by atoms with E-state index in [-0.39, 0.29) is 22.1 Å². The topological polar surface area (TPSA) is 77.3 Å². The number of nitro benzene ring substituents is 1. The lowest BCUT2D eigenvalue weighted by atomic mass is 10.3. The SMILES string of the molecule is O=[N+]([O-])c1cc(F)cc(SCCS(=O)(=O)Cl)c1. The molecule has 0 aliphatic heterocycles. The summed E-state index contributed by atoms with van der Waals surface area (Å²) in [5.74, 6) is -0.925. The molecule has 0 bridgehead atoms. The third-order valence-electron chi connectivity index (χ3n) is 1.66. The lowest BCUT2D eigenvalue weighted by Gasteiger charge is -2.00. The molecule has 0 spiro atoms. The summed E-state index contributed by atoms with van der Waals surface area (Å²) >= 11 is 0.985. The number of thioether (sulfide) groups is 1. The second-order valence-corrected chi connectivity index (χ2v) is 7.06. The molecule has 0 aliphatic carbocycles. The van der Waals surface area contributed by atoms with Crippen molar-refractivity contribution in [2.24, 2.45) is 0 Å². The lowest BCUT2D eigenvalue weighted by Crippen LogP contribution is -1.99. The van der Waals surface area contributed by atoms with Crippen molar-refractivity contribution >= 4 is 37.2 Å². The van der Waals surface area contributed by atoms with Crippen LogP contribution in [0.1, 0.15) is 0 Å². The molecular formula is C8H7ClFNO4S2. The fraction of sp³-hybridized carbons (Fsp3) is 0.250. The highest BCUT2D eigenvalue weighted by Crippen LogP contribution is 2.25. The summed E-state index contributed by atoms with van der Waals surface area (Å²) in [5, 5.41) is 10.5. The van der Waals surface area contributed by atoms with Crippen LogP contribution in [0, 0.1) is 15.9 Å². The number of hydrogen-bond donors (Lipinski definition) is 0. The van der Waals surface area contributed by atoms with E-state index < -0.39 is 19.8 Å². The van der Waals surface area contributed by atoms with E-state index in [0.29, 0.717) is 0 Å². The summed E-state index contributed by atoms with van der Waals surface area (Å²) in [6.07, 6.45) is 0. The number of hydrogen-bond acceptors (Lipinski definition) is 5. The molecule has 1 aromatic carbocycles. The molecule has 0 saturated carbocycles. The predicted molar refractivity (Wildman–Crippen MR) is 63.4 cm³/mol. The Morgan fingerprint density at radius 2 is 2.06 bits per heavy atom. The van der Waals surface area contributed by atoms with Gasteiger partial charge in [0.25, 0.3) is 5.69 Å². The van der Waals surface area contributed by atoms with Crippen LogP contribution in [0.3, 0.4) is 0 Å². The van der Waals surface area contributed by atoms with Crippen LogP contribution in [0.25, 0.3) is 0 Å². The van der Waals surface area contributed by atoms with Gasteiger partial charge in [-0.15, -0.1) is 11.8 Å². The van der Waals surface area contributed by atoms with Gasteiger partial charge in [0.05, 0.1) is 16.7 Å². The Kier molecular flexibility index (Phi) is 4.72. The summed E-state index contributed by atoms with van der Waals surface area (Å²) in [4.78, 5) is 10.0. The standard InChI is InChI=1S/C8H7ClFNO4S2/c9-17(14,15)2-1-16-8-4-6(10)3-7(5-8)11(12)13/h3-5H,1-2H2. The summed E-state index contributed by atoms with van der Waals surface area (Å²) in [5.41, 5.74) is -0.374. The largest absolute Gasteiger partial charge is 0.273 e. The third-order valence-corrected chi connectivity index (χ3v) is 4.05. The van der Waals surface area contributed by atoms with Crippen LogP contribution >= 0.6 is 22.4 Å². The van der Waals surface area contributed by atoms with Crippen LogP contribution in [0.5, 0.6) is 0 Å². The van der Waals surface area contributed by atoms with Gasteiger partial charge in [0.1, 0.15) is 5.82 Å². The van der Waals surface area contributed by atoms with E-state index in [1.54, 1.807) is 0 Å². The van der Waals surface area contributed by atoms with E-state index in [9.17, 15) is 22.9 Å². The number of nitrogens with zero attached hydrogens (tertiary/aromatic N) is 1. The minimum atomic E-state index is -3.61. The molecule has 5 nitrogen and oxygen atoms in total. The smallest absolute Gasteiger partial charge is 0.258 e. The summed E-state index contributed by atoms with van der Waals surface area (Å²) in [6.45, 7) is 0. The fourth-order valence-electron chi connectivity index (χ4n) is 0.996. The molecule has 1 rings (SSSR count). The van der Waals surface area contributed by atoms with E-state index in [2.05, 4.69) is 0 Å². The van der Waals surface area contributed by atoms with Gasteiger partial charge < -0.3 is 0 Å². The second kappa shape index (κ2) is 5.65. The highest BCUT2D eigenvalue weighted by atomic mass is 35.7. The zero-order chi connectivity index (χ0) is 13.1. The Labute approximate surface area is 106 Å². The van der Waals surface area contributed by atoms with Crippen LogP contribution in [0.4, 0.5) is 10.1 Å². The van der Waals surface area contributed by atoms with Crippen molar-refractivity contribution in [1.29, 1.82) is 0 Å². The monoisotopic (exact) mass is 299 g/mol. The zero-order valence-corrected chi connectivity index (χ0v) is 10.7. The summed E-state index contributed by atoms with van der Waals surface area (Å²) in [6, 6.07) is 3.06. The van der Waals surface area contributed by atoms with E-state index in [1.807, 2.05) is 0 Å². The molecule has 9 heteroatoms. The van der Waals surface area contributed by atoms with Gasteiger partial charge in [-0.3, -0.25) is 10.1 Å².